The Labute approximate surface area is 182 Å². The second-order valence-electron chi connectivity index (χ2n) is 8.52. The van der Waals surface area contributed by atoms with Crippen molar-refractivity contribution >= 4 is 33.5 Å². The molecule has 1 aliphatic carbocycles. The highest BCUT2D eigenvalue weighted by Gasteiger charge is 2.34. The number of aryl methyl sites for hydroxylation is 1. The van der Waals surface area contributed by atoms with Crippen LogP contribution in [-0.4, -0.2) is 40.0 Å². The number of carbonyl (C=O) groups excluding carboxylic acids is 1. The van der Waals surface area contributed by atoms with Gasteiger partial charge in [-0.25, -0.2) is 4.98 Å². The number of hydrogen-bond acceptors (Lipinski definition) is 3. The average molecular weight is 459 g/mol. The van der Waals surface area contributed by atoms with E-state index in [4.69, 9.17) is 4.98 Å². The molecule has 0 spiro atoms. The number of carbonyl (C=O) groups is 1. The average Bonchev–Trinajstić information content (AvgIpc) is 3.32. The van der Waals surface area contributed by atoms with Gasteiger partial charge in [0.2, 0.25) is 5.95 Å². The largest absolute Gasteiger partial charge is 0.337 e. The van der Waals surface area contributed by atoms with Crippen LogP contribution in [0, 0.1) is 5.92 Å². The van der Waals surface area contributed by atoms with Crippen molar-refractivity contribution < 1.29 is 4.79 Å². The normalized spacial score (nSPS) is 15.9. The van der Waals surface area contributed by atoms with Gasteiger partial charge in [0.05, 0.1) is 11.4 Å². The van der Waals surface area contributed by atoms with Crippen molar-refractivity contribution in [2.24, 2.45) is 5.92 Å². The van der Waals surface area contributed by atoms with E-state index >= 15 is 0 Å². The summed E-state index contributed by atoms with van der Waals surface area (Å²) in [5.74, 6) is 2.22. The molecule has 1 saturated carbocycles. The van der Waals surface area contributed by atoms with E-state index in [-0.39, 0.29) is 5.91 Å². The minimum atomic E-state index is 0.145. The number of aromatic nitrogens is 2. The molecule has 2 aromatic rings. The molecule has 1 aromatic heterocycles. The predicted octanol–water partition coefficient (Wildman–Crippen LogP) is 5.36. The van der Waals surface area contributed by atoms with Crippen molar-refractivity contribution in [3.63, 3.8) is 0 Å². The number of fused-ring (bicyclic) bond motifs is 1. The highest BCUT2D eigenvalue weighted by molar-refractivity contribution is 9.10. The van der Waals surface area contributed by atoms with E-state index < -0.39 is 0 Å². The third-order valence-corrected chi connectivity index (χ3v) is 6.75. The molecular formula is C23H31BrN4O. The number of rotatable bonds is 7. The Hall–Kier alpha value is -1.82. The van der Waals surface area contributed by atoms with Crippen LogP contribution in [0.4, 0.5) is 11.6 Å². The maximum atomic E-state index is 13.4. The molecule has 2 aliphatic rings. The van der Waals surface area contributed by atoms with E-state index in [1.54, 1.807) is 0 Å². The summed E-state index contributed by atoms with van der Waals surface area (Å²) in [6.45, 7) is 11.8. The van der Waals surface area contributed by atoms with Gasteiger partial charge in [0, 0.05) is 30.7 Å². The van der Waals surface area contributed by atoms with Gasteiger partial charge in [0.15, 0.2) is 0 Å². The highest BCUT2D eigenvalue weighted by Crippen LogP contribution is 2.38. The van der Waals surface area contributed by atoms with E-state index in [9.17, 15) is 4.79 Å². The summed E-state index contributed by atoms with van der Waals surface area (Å²) in [7, 11) is 0. The van der Waals surface area contributed by atoms with Crippen molar-refractivity contribution in [3.05, 3.63) is 39.6 Å². The molecular weight excluding hydrogens is 428 g/mol. The van der Waals surface area contributed by atoms with Crippen molar-refractivity contribution in [1.29, 1.82) is 0 Å². The second-order valence-corrected chi connectivity index (χ2v) is 9.37. The molecule has 1 aliphatic heterocycles. The SMILES string of the molecule is CCc1nc2n(c1C(=O)N(CC)CC1CC1)CCN2c1ccc(C(C)C)cc1Br. The van der Waals surface area contributed by atoms with Crippen LogP contribution in [0.5, 0.6) is 0 Å². The Bertz CT molecular complexity index is 916. The van der Waals surface area contributed by atoms with Crippen LogP contribution in [0.15, 0.2) is 22.7 Å². The molecule has 4 rings (SSSR count). The smallest absolute Gasteiger partial charge is 0.272 e. The Morgan fingerprint density at radius 3 is 2.62 bits per heavy atom. The van der Waals surface area contributed by atoms with Gasteiger partial charge in [-0.3, -0.25) is 4.79 Å². The first-order valence-electron chi connectivity index (χ1n) is 10.9. The minimum Gasteiger partial charge on any atom is -0.337 e. The fourth-order valence-electron chi connectivity index (χ4n) is 4.14. The molecule has 0 radical (unpaired) electrons. The zero-order valence-corrected chi connectivity index (χ0v) is 19.5. The predicted molar refractivity (Wildman–Crippen MR) is 121 cm³/mol. The first kappa shape index (κ1) is 20.5. The summed E-state index contributed by atoms with van der Waals surface area (Å²) in [4.78, 5) is 22.6. The summed E-state index contributed by atoms with van der Waals surface area (Å²) in [5, 5.41) is 0. The number of hydrogen-bond donors (Lipinski definition) is 0. The van der Waals surface area contributed by atoms with Gasteiger partial charge in [0.1, 0.15) is 5.69 Å². The van der Waals surface area contributed by atoms with Gasteiger partial charge < -0.3 is 14.4 Å². The lowest BCUT2D eigenvalue weighted by Crippen LogP contribution is -2.34. The number of anilines is 2. The van der Waals surface area contributed by atoms with Crippen LogP contribution in [0.2, 0.25) is 0 Å². The van der Waals surface area contributed by atoms with Crippen molar-refractivity contribution in [3.8, 4) is 0 Å². The molecule has 0 unspecified atom stereocenters. The summed E-state index contributed by atoms with van der Waals surface area (Å²) < 4.78 is 3.22. The lowest BCUT2D eigenvalue weighted by Gasteiger charge is -2.21. The fraction of sp³-hybridized carbons (Fsp3) is 0.565. The molecule has 6 heteroatoms. The molecule has 0 saturated heterocycles. The number of halogens is 1. The number of imidazole rings is 1. The molecule has 1 aromatic carbocycles. The Balaban J connectivity index is 1.68. The minimum absolute atomic E-state index is 0.145. The first-order chi connectivity index (χ1) is 13.9. The van der Waals surface area contributed by atoms with Crippen LogP contribution in [0.25, 0.3) is 0 Å². The lowest BCUT2D eigenvalue weighted by molar-refractivity contribution is 0.0745. The van der Waals surface area contributed by atoms with Crippen LogP contribution in [0.1, 0.15) is 68.2 Å². The number of nitrogens with zero attached hydrogens (tertiary/aromatic N) is 4. The van der Waals surface area contributed by atoms with Gasteiger partial charge in [-0.15, -0.1) is 0 Å². The van der Waals surface area contributed by atoms with E-state index in [1.165, 1.54) is 18.4 Å². The Kier molecular flexibility index (Phi) is 5.74. The van der Waals surface area contributed by atoms with Gasteiger partial charge in [-0.2, -0.15) is 0 Å². The zero-order chi connectivity index (χ0) is 20.7. The molecule has 0 bridgehead atoms. The van der Waals surface area contributed by atoms with Crippen LogP contribution < -0.4 is 4.90 Å². The Morgan fingerprint density at radius 1 is 1.28 bits per heavy atom. The number of benzene rings is 1. The van der Waals surface area contributed by atoms with Gasteiger partial charge in [-0.05, 0) is 71.6 Å². The van der Waals surface area contributed by atoms with Gasteiger partial charge in [0.25, 0.3) is 5.91 Å². The van der Waals surface area contributed by atoms with E-state index in [1.807, 2.05) is 4.90 Å². The third kappa shape index (κ3) is 3.83. The van der Waals surface area contributed by atoms with Crippen molar-refractivity contribution in [2.45, 2.75) is 59.4 Å². The molecule has 0 atom stereocenters. The third-order valence-electron chi connectivity index (χ3n) is 6.12. The summed E-state index contributed by atoms with van der Waals surface area (Å²) >= 11 is 3.76. The van der Waals surface area contributed by atoms with Crippen LogP contribution in [0.3, 0.4) is 0 Å². The molecule has 156 valence electrons. The van der Waals surface area contributed by atoms with Crippen LogP contribution >= 0.6 is 15.9 Å². The molecule has 1 amide bonds. The summed E-state index contributed by atoms with van der Waals surface area (Å²) in [6.07, 6.45) is 3.27. The van der Waals surface area contributed by atoms with Crippen molar-refractivity contribution in [1.82, 2.24) is 14.5 Å². The van der Waals surface area contributed by atoms with Crippen LogP contribution in [-0.2, 0) is 13.0 Å². The monoisotopic (exact) mass is 458 g/mol. The lowest BCUT2D eigenvalue weighted by atomic mass is 10.0. The molecule has 2 heterocycles. The fourth-order valence-corrected chi connectivity index (χ4v) is 4.75. The number of amides is 1. The first-order valence-corrected chi connectivity index (χ1v) is 11.7. The molecule has 1 fully saturated rings. The standard InChI is InChI=1S/C23H31BrN4O/c1-5-19-21(22(29)26(6-2)14-16-7-8-16)28-12-11-27(23(28)25-19)20-10-9-17(15(3)4)13-18(20)24/h9-10,13,15-16H,5-8,11-12,14H2,1-4H3. The van der Waals surface area contributed by atoms with E-state index in [0.29, 0.717) is 11.8 Å². The highest BCUT2D eigenvalue weighted by atomic mass is 79.9. The van der Waals surface area contributed by atoms with E-state index in [0.717, 1.165) is 60.1 Å². The Morgan fingerprint density at radius 2 is 2.03 bits per heavy atom. The maximum Gasteiger partial charge on any atom is 0.272 e. The van der Waals surface area contributed by atoms with Gasteiger partial charge >= 0.3 is 0 Å². The van der Waals surface area contributed by atoms with Gasteiger partial charge in [-0.1, -0.05) is 26.8 Å². The van der Waals surface area contributed by atoms with Crippen molar-refractivity contribution in [2.75, 3.05) is 24.5 Å². The summed E-state index contributed by atoms with van der Waals surface area (Å²) in [6, 6.07) is 6.56. The van der Waals surface area contributed by atoms with E-state index in [2.05, 4.69) is 71.3 Å². The quantitative estimate of drug-likeness (QED) is 0.560. The molecule has 0 N–H and O–H groups in total. The summed E-state index contributed by atoms with van der Waals surface area (Å²) in [5.41, 5.74) is 4.14. The zero-order valence-electron chi connectivity index (χ0n) is 17.9. The topological polar surface area (TPSA) is 41.4 Å². The maximum absolute atomic E-state index is 13.4. The second kappa shape index (κ2) is 8.13. The molecule has 5 nitrogen and oxygen atoms in total. The molecule has 29 heavy (non-hydrogen) atoms.